The molecular formula is C27H31ClN2O3S. The van der Waals surface area contributed by atoms with Gasteiger partial charge < -0.3 is 14.7 Å². The minimum Gasteiger partial charge on any atom is -0.497 e. The molecule has 1 saturated heterocycles. The number of nitrogens with zero attached hydrogens (tertiary/aromatic N) is 2. The third kappa shape index (κ3) is 6.44. The predicted molar refractivity (Wildman–Crippen MR) is 139 cm³/mol. The van der Waals surface area contributed by atoms with Gasteiger partial charge in [-0.15, -0.1) is 11.8 Å². The van der Waals surface area contributed by atoms with Crippen LogP contribution >= 0.6 is 23.4 Å². The standard InChI is InChI=1S/C27H31ClN2O3S/c1-33-22-7-10-26-24(17-22)19(11-13-29-26)3-2-4-20-12-14-30(18-25(20)27(31)32)15-16-34-23-8-5-21(28)6-9-23/h5-11,13,17,20,25H,2-4,12,14-16,18H2,1H3,(H,31,32)/t20-,25+/m1/s1. The molecule has 180 valence electrons. The zero-order valence-corrected chi connectivity index (χ0v) is 21.0. The number of aliphatic carboxylic acids is 1. The Balaban J connectivity index is 1.29. The van der Waals surface area contributed by atoms with Crippen LogP contribution in [0.15, 0.2) is 59.6 Å². The second kappa shape index (κ2) is 11.9. The van der Waals surface area contributed by atoms with Gasteiger partial charge in [0.1, 0.15) is 5.75 Å². The second-order valence-corrected chi connectivity index (χ2v) is 10.4. The van der Waals surface area contributed by atoms with Crippen molar-refractivity contribution in [1.29, 1.82) is 0 Å². The van der Waals surface area contributed by atoms with E-state index in [1.165, 1.54) is 10.5 Å². The third-order valence-electron chi connectivity index (χ3n) is 6.71. The number of thioether (sulfide) groups is 1. The Hall–Kier alpha value is -2.28. The van der Waals surface area contributed by atoms with Crippen LogP contribution in [-0.2, 0) is 11.2 Å². The number of benzene rings is 2. The summed E-state index contributed by atoms with van der Waals surface area (Å²) in [7, 11) is 1.67. The first kappa shape index (κ1) is 24.8. The van der Waals surface area contributed by atoms with E-state index >= 15 is 0 Å². The zero-order valence-electron chi connectivity index (χ0n) is 19.5. The number of aryl methyl sites for hydroxylation is 1. The molecule has 1 aliphatic rings. The molecule has 0 amide bonds. The Labute approximate surface area is 210 Å². The fraction of sp³-hybridized carbons (Fsp3) is 0.407. The summed E-state index contributed by atoms with van der Waals surface area (Å²) >= 11 is 7.74. The molecule has 0 bridgehead atoms. The van der Waals surface area contributed by atoms with Gasteiger partial charge >= 0.3 is 5.97 Å². The van der Waals surface area contributed by atoms with E-state index in [1.54, 1.807) is 18.9 Å². The topological polar surface area (TPSA) is 62.7 Å². The van der Waals surface area contributed by atoms with Gasteiger partial charge in [0.25, 0.3) is 0 Å². The highest BCUT2D eigenvalue weighted by Crippen LogP contribution is 2.30. The fourth-order valence-corrected chi connectivity index (χ4v) is 5.84. The van der Waals surface area contributed by atoms with Crippen molar-refractivity contribution in [3.05, 3.63) is 65.3 Å². The van der Waals surface area contributed by atoms with Crippen molar-refractivity contribution in [3.8, 4) is 5.75 Å². The van der Waals surface area contributed by atoms with Crippen LogP contribution in [0.5, 0.6) is 5.75 Å². The number of methoxy groups -OCH3 is 1. The molecule has 1 fully saturated rings. The van der Waals surface area contributed by atoms with Gasteiger partial charge in [-0.05, 0) is 92.2 Å². The second-order valence-electron chi connectivity index (χ2n) is 8.84. The molecule has 1 aliphatic heterocycles. The van der Waals surface area contributed by atoms with E-state index in [0.717, 1.165) is 66.2 Å². The predicted octanol–water partition coefficient (Wildman–Crippen LogP) is 6.03. The Morgan fingerprint density at radius 3 is 2.82 bits per heavy atom. The number of aromatic nitrogens is 1. The van der Waals surface area contributed by atoms with Gasteiger partial charge in [0, 0.05) is 40.3 Å². The molecule has 0 radical (unpaired) electrons. The summed E-state index contributed by atoms with van der Waals surface area (Å²) in [5, 5.41) is 11.8. The zero-order chi connectivity index (χ0) is 23.9. The molecule has 0 spiro atoms. The van der Waals surface area contributed by atoms with Crippen LogP contribution in [0, 0.1) is 11.8 Å². The first-order chi connectivity index (χ1) is 16.5. The molecule has 1 N–H and O–H groups in total. The highest BCUT2D eigenvalue weighted by molar-refractivity contribution is 7.99. The third-order valence-corrected chi connectivity index (χ3v) is 7.95. The lowest BCUT2D eigenvalue weighted by molar-refractivity contribution is -0.146. The molecule has 1 aromatic heterocycles. The summed E-state index contributed by atoms with van der Waals surface area (Å²) in [5.74, 6) is 1.02. The minimum absolute atomic E-state index is 0.223. The molecule has 0 aliphatic carbocycles. The minimum atomic E-state index is -0.667. The van der Waals surface area contributed by atoms with Crippen LogP contribution in [-0.4, -0.2) is 53.5 Å². The monoisotopic (exact) mass is 498 g/mol. The van der Waals surface area contributed by atoms with E-state index in [-0.39, 0.29) is 11.8 Å². The summed E-state index contributed by atoms with van der Waals surface area (Å²) in [5.41, 5.74) is 2.21. The maximum Gasteiger partial charge on any atom is 0.308 e. The Kier molecular flexibility index (Phi) is 8.70. The number of carboxylic acid groups (broad SMARTS) is 1. The van der Waals surface area contributed by atoms with Gasteiger partial charge in [-0.3, -0.25) is 9.78 Å². The quantitative estimate of drug-likeness (QED) is 0.344. The first-order valence-electron chi connectivity index (χ1n) is 11.8. The molecule has 2 heterocycles. The van der Waals surface area contributed by atoms with Crippen LogP contribution in [0.1, 0.15) is 24.8 Å². The SMILES string of the molecule is COc1ccc2nccc(CCC[C@@H]3CCN(CCSc4ccc(Cl)cc4)C[C@@H]3C(=O)O)c2c1. The van der Waals surface area contributed by atoms with Crippen LogP contribution in [0.25, 0.3) is 10.9 Å². The summed E-state index contributed by atoms with van der Waals surface area (Å²) in [6.45, 7) is 2.50. The highest BCUT2D eigenvalue weighted by Gasteiger charge is 2.33. The van der Waals surface area contributed by atoms with Crippen molar-refractivity contribution in [2.24, 2.45) is 11.8 Å². The van der Waals surface area contributed by atoms with Crippen LogP contribution < -0.4 is 4.74 Å². The lowest BCUT2D eigenvalue weighted by atomic mass is 9.81. The van der Waals surface area contributed by atoms with Crippen LogP contribution in [0.2, 0.25) is 5.02 Å². The number of pyridine rings is 1. The molecule has 0 unspecified atom stereocenters. The maximum absolute atomic E-state index is 12.0. The molecule has 4 rings (SSSR count). The highest BCUT2D eigenvalue weighted by atomic mass is 35.5. The number of hydrogen-bond acceptors (Lipinski definition) is 5. The maximum atomic E-state index is 12.0. The fourth-order valence-electron chi connectivity index (χ4n) is 4.80. The molecule has 2 atom stereocenters. The van der Waals surface area contributed by atoms with Crippen molar-refractivity contribution in [2.45, 2.75) is 30.6 Å². The number of halogens is 1. The van der Waals surface area contributed by atoms with E-state index in [9.17, 15) is 9.90 Å². The van der Waals surface area contributed by atoms with Crippen molar-refractivity contribution in [1.82, 2.24) is 9.88 Å². The van der Waals surface area contributed by atoms with Crippen molar-refractivity contribution < 1.29 is 14.6 Å². The Morgan fingerprint density at radius 1 is 1.24 bits per heavy atom. The van der Waals surface area contributed by atoms with Gasteiger partial charge in [-0.25, -0.2) is 0 Å². The Bertz CT molecular complexity index is 1110. The van der Waals surface area contributed by atoms with E-state index < -0.39 is 5.97 Å². The first-order valence-corrected chi connectivity index (χ1v) is 13.1. The van der Waals surface area contributed by atoms with E-state index in [1.807, 2.05) is 48.7 Å². The molecule has 7 heteroatoms. The van der Waals surface area contributed by atoms with E-state index in [0.29, 0.717) is 6.54 Å². The number of carboxylic acids is 1. The lowest BCUT2D eigenvalue weighted by Crippen LogP contribution is -2.44. The largest absolute Gasteiger partial charge is 0.497 e. The van der Waals surface area contributed by atoms with Crippen molar-refractivity contribution in [2.75, 3.05) is 32.5 Å². The van der Waals surface area contributed by atoms with E-state index in [4.69, 9.17) is 16.3 Å². The van der Waals surface area contributed by atoms with Crippen LogP contribution in [0.3, 0.4) is 0 Å². The summed E-state index contributed by atoms with van der Waals surface area (Å²) in [6.07, 6.45) is 5.60. The molecule has 3 aromatic rings. The number of likely N-dealkylation sites (tertiary alicyclic amines) is 1. The van der Waals surface area contributed by atoms with Crippen molar-refractivity contribution in [3.63, 3.8) is 0 Å². The number of fused-ring (bicyclic) bond motifs is 1. The average molecular weight is 499 g/mol. The van der Waals surface area contributed by atoms with Crippen molar-refractivity contribution >= 4 is 40.2 Å². The number of rotatable bonds is 10. The van der Waals surface area contributed by atoms with Gasteiger partial charge in [0.2, 0.25) is 0 Å². The molecule has 5 nitrogen and oxygen atoms in total. The molecule has 0 saturated carbocycles. The van der Waals surface area contributed by atoms with E-state index in [2.05, 4.69) is 16.0 Å². The molecular weight excluding hydrogens is 468 g/mol. The normalized spacial score (nSPS) is 18.8. The van der Waals surface area contributed by atoms with Gasteiger partial charge in [0.15, 0.2) is 0 Å². The number of ether oxygens (including phenoxy) is 1. The van der Waals surface area contributed by atoms with Gasteiger partial charge in [-0.2, -0.15) is 0 Å². The van der Waals surface area contributed by atoms with Crippen LogP contribution in [0.4, 0.5) is 0 Å². The van der Waals surface area contributed by atoms with Gasteiger partial charge in [-0.1, -0.05) is 11.6 Å². The number of piperidine rings is 1. The van der Waals surface area contributed by atoms with Gasteiger partial charge in [0.05, 0.1) is 18.5 Å². The smallest absolute Gasteiger partial charge is 0.308 e. The molecule has 2 aromatic carbocycles. The number of hydrogen-bond donors (Lipinski definition) is 1. The summed E-state index contributed by atoms with van der Waals surface area (Å²) in [4.78, 5) is 20.0. The average Bonchev–Trinajstić information content (AvgIpc) is 2.85. The summed E-state index contributed by atoms with van der Waals surface area (Å²) < 4.78 is 5.38. The molecule has 34 heavy (non-hydrogen) atoms. The lowest BCUT2D eigenvalue weighted by Gasteiger charge is -2.36. The number of carbonyl (C=O) groups is 1. The Morgan fingerprint density at radius 2 is 2.06 bits per heavy atom. The summed E-state index contributed by atoms with van der Waals surface area (Å²) in [6, 6.07) is 15.9.